The molecular formula is C24H30N2O6S. The van der Waals surface area contributed by atoms with Gasteiger partial charge in [0.2, 0.25) is 5.91 Å². The van der Waals surface area contributed by atoms with Crippen molar-refractivity contribution in [1.29, 1.82) is 0 Å². The van der Waals surface area contributed by atoms with Crippen LogP contribution in [0.25, 0.3) is 0 Å². The predicted octanol–water partition coefficient (Wildman–Crippen LogP) is 3.00. The molecule has 0 bridgehead atoms. The summed E-state index contributed by atoms with van der Waals surface area (Å²) in [5, 5.41) is 0. The molecule has 0 unspecified atom stereocenters. The van der Waals surface area contributed by atoms with Crippen molar-refractivity contribution in [2.45, 2.75) is 31.6 Å². The summed E-state index contributed by atoms with van der Waals surface area (Å²) in [7, 11) is -2.64. The van der Waals surface area contributed by atoms with Gasteiger partial charge in [0.05, 0.1) is 30.2 Å². The highest BCUT2D eigenvalue weighted by molar-refractivity contribution is 7.92. The van der Waals surface area contributed by atoms with Crippen LogP contribution < -0.4 is 9.04 Å². The Balaban J connectivity index is 1.85. The van der Waals surface area contributed by atoms with Crippen LogP contribution in [-0.2, 0) is 24.3 Å². The summed E-state index contributed by atoms with van der Waals surface area (Å²) >= 11 is 0. The molecule has 1 amide bonds. The first kappa shape index (κ1) is 24.6. The van der Waals surface area contributed by atoms with Crippen molar-refractivity contribution in [3.8, 4) is 5.75 Å². The molecule has 0 radical (unpaired) electrons. The second-order valence-electron chi connectivity index (χ2n) is 7.93. The molecule has 2 aromatic rings. The molecule has 0 N–H and O–H groups in total. The molecule has 178 valence electrons. The Bertz CT molecular complexity index is 1060. The molecule has 0 atom stereocenters. The summed E-state index contributed by atoms with van der Waals surface area (Å²) in [6.45, 7) is 4.64. The number of rotatable bonds is 8. The Morgan fingerprint density at radius 2 is 1.64 bits per heavy atom. The third kappa shape index (κ3) is 5.84. The van der Waals surface area contributed by atoms with Crippen LogP contribution in [0.15, 0.2) is 53.4 Å². The van der Waals surface area contributed by atoms with Gasteiger partial charge in [-0.1, -0.05) is 17.7 Å². The largest absolute Gasteiger partial charge is 0.494 e. The van der Waals surface area contributed by atoms with E-state index in [2.05, 4.69) is 0 Å². The van der Waals surface area contributed by atoms with Gasteiger partial charge in [-0.15, -0.1) is 0 Å². The monoisotopic (exact) mass is 474 g/mol. The lowest BCUT2D eigenvalue weighted by molar-refractivity contribution is -0.148. The lowest BCUT2D eigenvalue weighted by Crippen LogP contribution is -2.46. The number of carbonyl (C=O) groups is 2. The summed E-state index contributed by atoms with van der Waals surface area (Å²) in [6.07, 6.45) is 0.984. The third-order valence-electron chi connectivity index (χ3n) is 5.71. The van der Waals surface area contributed by atoms with Crippen molar-refractivity contribution < 1.29 is 27.5 Å². The molecule has 1 fully saturated rings. The number of hydrogen-bond acceptors (Lipinski definition) is 6. The summed E-state index contributed by atoms with van der Waals surface area (Å²) in [5.74, 6) is -0.217. The fraction of sp³-hybridized carbons (Fsp3) is 0.417. The molecule has 33 heavy (non-hydrogen) atoms. The van der Waals surface area contributed by atoms with E-state index in [1.807, 2.05) is 13.8 Å². The first-order valence-corrected chi connectivity index (χ1v) is 12.4. The average molecular weight is 475 g/mol. The zero-order valence-electron chi connectivity index (χ0n) is 19.2. The maximum absolute atomic E-state index is 13.5. The standard InChI is InChI=1S/C24H30N2O6S/c1-4-32-21-9-7-20(8-10-21)26(33(29,30)22-11-5-18(2)6-12-22)17-23(27)25-15-13-19(14-16-25)24(28)31-3/h5-12,19H,4,13-17H2,1-3H3. The first-order valence-electron chi connectivity index (χ1n) is 10.9. The number of nitrogens with zero attached hydrogens (tertiary/aromatic N) is 2. The molecule has 0 spiro atoms. The summed E-state index contributed by atoms with van der Waals surface area (Å²) < 4.78 is 38.4. The quantitative estimate of drug-likeness (QED) is 0.546. The van der Waals surface area contributed by atoms with Crippen LogP contribution in [0.3, 0.4) is 0 Å². The van der Waals surface area contributed by atoms with Gasteiger partial charge in [0.25, 0.3) is 10.0 Å². The normalized spacial score (nSPS) is 14.6. The van der Waals surface area contributed by atoms with Gasteiger partial charge in [0, 0.05) is 13.1 Å². The molecule has 2 aromatic carbocycles. The van der Waals surface area contributed by atoms with Crippen molar-refractivity contribution in [3.05, 3.63) is 54.1 Å². The van der Waals surface area contributed by atoms with Crippen molar-refractivity contribution >= 4 is 27.6 Å². The summed E-state index contributed by atoms with van der Waals surface area (Å²) in [6, 6.07) is 13.2. The van der Waals surface area contributed by atoms with Gasteiger partial charge in [-0.25, -0.2) is 8.42 Å². The predicted molar refractivity (Wildman–Crippen MR) is 125 cm³/mol. The molecular weight excluding hydrogens is 444 g/mol. The Hall–Kier alpha value is -3.07. The third-order valence-corrected chi connectivity index (χ3v) is 7.49. The number of benzene rings is 2. The number of carbonyl (C=O) groups excluding carboxylic acids is 2. The maximum atomic E-state index is 13.5. The van der Waals surface area contributed by atoms with Crippen LogP contribution in [0.4, 0.5) is 5.69 Å². The smallest absolute Gasteiger partial charge is 0.308 e. The van der Waals surface area contributed by atoms with E-state index in [9.17, 15) is 18.0 Å². The van der Waals surface area contributed by atoms with Gasteiger partial charge in [0.15, 0.2) is 0 Å². The minimum Gasteiger partial charge on any atom is -0.494 e. The molecule has 3 rings (SSSR count). The van der Waals surface area contributed by atoms with E-state index >= 15 is 0 Å². The summed E-state index contributed by atoms with van der Waals surface area (Å²) in [5.41, 5.74) is 1.31. The van der Waals surface area contributed by atoms with Gasteiger partial charge >= 0.3 is 5.97 Å². The van der Waals surface area contributed by atoms with Crippen LogP contribution in [0.1, 0.15) is 25.3 Å². The molecule has 1 saturated heterocycles. The number of sulfonamides is 1. The fourth-order valence-corrected chi connectivity index (χ4v) is 5.20. The van der Waals surface area contributed by atoms with Crippen molar-refractivity contribution in [2.75, 3.05) is 37.7 Å². The minimum atomic E-state index is -3.99. The number of ether oxygens (including phenoxy) is 2. The highest BCUT2D eigenvalue weighted by atomic mass is 32.2. The molecule has 1 heterocycles. The van der Waals surface area contributed by atoms with Crippen LogP contribution in [0.2, 0.25) is 0 Å². The number of methoxy groups -OCH3 is 1. The summed E-state index contributed by atoms with van der Waals surface area (Å²) in [4.78, 5) is 26.6. The zero-order chi connectivity index (χ0) is 24.0. The number of anilines is 1. The number of piperidine rings is 1. The number of aryl methyl sites for hydroxylation is 1. The number of esters is 1. The molecule has 9 heteroatoms. The van der Waals surface area contributed by atoms with Gasteiger partial charge in [0.1, 0.15) is 12.3 Å². The second kappa shape index (κ2) is 10.7. The number of amides is 1. The van der Waals surface area contributed by atoms with Crippen LogP contribution in [0.5, 0.6) is 5.75 Å². The van der Waals surface area contributed by atoms with Crippen LogP contribution in [-0.4, -0.2) is 58.5 Å². The van der Waals surface area contributed by atoms with Crippen LogP contribution in [0, 0.1) is 12.8 Å². The Kier molecular flexibility index (Phi) is 7.97. The molecule has 1 aliphatic heterocycles. The highest BCUT2D eigenvalue weighted by Gasteiger charge is 2.32. The Morgan fingerprint density at radius 3 is 2.18 bits per heavy atom. The molecule has 1 aliphatic rings. The topological polar surface area (TPSA) is 93.2 Å². The highest BCUT2D eigenvalue weighted by Crippen LogP contribution is 2.27. The maximum Gasteiger partial charge on any atom is 0.308 e. The van der Waals surface area contributed by atoms with E-state index in [4.69, 9.17) is 9.47 Å². The minimum absolute atomic E-state index is 0.110. The lowest BCUT2D eigenvalue weighted by Gasteiger charge is -2.33. The van der Waals surface area contributed by atoms with Gasteiger partial charge in [-0.3, -0.25) is 13.9 Å². The van der Waals surface area contributed by atoms with Gasteiger partial charge in [-0.2, -0.15) is 0 Å². The Labute approximate surface area is 195 Å². The zero-order valence-corrected chi connectivity index (χ0v) is 20.0. The van der Waals surface area contributed by atoms with E-state index in [0.29, 0.717) is 44.0 Å². The van der Waals surface area contributed by atoms with E-state index in [-0.39, 0.29) is 29.2 Å². The molecule has 0 saturated carbocycles. The number of likely N-dealkylation sites (tertiary alicyclic amines) is 1. The van der Waals surface area contributed by atoms with E-state index in [1.54, 1.807) is 53.4 Å². The van der Waals surface area contributed by atoms with Crippen molar-refractivity contribution in [1.82, 2.24) is 4.90 Å². The van der Waals surface area contributed by atoms with Crippen molar-refractivity contribution in [2.24, 2.45) is 5.92 Å². The molecule has 0 aromatic heterocycles. The van der Waals surface area contributed by atoms with Gasteiger partial charge in [-0.05, 0) is 63.1 Å². The van der Waals surface area contributed by atoms with E-state index in [0.717, 1.165) is 9.87 Å². The Morgan fingerprint density at radius 1 is 1.03 bits per heavy atom. The SMILES string of the molecule is CCOc1ccc(N(CC(=O)N2CCC(C(=O)OC)CC2)S(=O)(=O)c2ccc(C)cc2)cc1. The molecule has 8 nitrogen and oxygen atoms in total. The van der Waals surface area contributed by atoms with Gasteiger partial charge < -0.3 is 14.4 Å². The van der Waals surface area contributed by atoms with Crippen molar-refractivity contribution in [3.63, 3.8) is 0 Å². The lowest BCUT2D eigenvalue weighted by atomic mass is 9.97. The molecule has 0 aliphatic carbocycles. The average Bonchev–Trinajstić information content (AvgIpc) is 2.83. The fourth-order valence-electron chi connectivity index (χ4n) is 3.78. The number of hydrogen-bond donors (Lipinski definition) is 0. The second-order valence-corrected chi connectivity index (χ2v) is 9.79. The first-order chi connectivity index (χ1) is 15.8. The van der Waals surface area contributed by atoms with E-state index < -0.39 is 10.0 Å². The van der Waals surface area contributed by atoms with E-state index in [1.165, 1.54) is 7.11 Å². The van der Waals surface area contributed by atoms with Crippen LogP contribution >= 0.6 is 0 Å².